The van der Waals surface area contributed by atoms with Gasteiger partial charge < -0.3 is 25.0 Å². The molecule has 63 heavy (non-hydrogen) atoms. The SMILES string of the molecule is C[C@@H]1[C@@H]2CN(C(=O)[C@H](C(C)(C)C)NC(=O)O[C@@H]3C[C@@H]4CC[C@@H]4[C@H]3CCCCC(F)(F)c3nc4ccc(C#N)cc4nc3O2)[C@@H]1C(=O)N[C@]1(C(=O)NS(=O)(=O)C2(C)CC2)C[C@H]1C(F)F. The van der Waals surface area contributed by atoms with Crippen molar-refractivity contribution in [2.45, 2.75) is 146 Å². The van der Waals surface area contributed by atoms with Crippen molar-refractivity contribution in [3.8, 4) is 11.9 Å². The second-order valence-electron chi connectivity index (χ2n) is 19.9. The Morgan fingerprint density at radius 3 is 2.37 bits per heavy atom. The number of ether oxygens (including phenoxy) is 2. The Labute approximate surface area is 362 Å². The summed E-state index contributed by atoms with van der Waals surface area (Å²) in [6.07, 6.45) is -3.13. The van der Waals surface area contributed by atoms with Crippen LogP contribution in [0.3, 0.4) is 0 Å². The molecule has 342 valence electrons. The Bertz CT molecular complexity index is 2370. The van der Waals surface area contributed by atoms with Crippen molar-refractivity contribution in [2.75, 3.05) is 6.54 Å². The van der Waals surface area contributed by atoms with Gasteiger partial charge in [0.25, 0.3) is 11.8 Å². The van der Waals surface area contributed by atoms with Crippen LogP contribution in [0, 0.1) is 46.3 Å². The molecule has 20 heteroatoms. The molecular formula is C43H53F4N7O8S. The predicted molar refractivity (Wildman–Crippen MR) is 216 cm³/mol. The maximum absolute atomic E-state index is 16.5. The van der Waals surface area contributed by atoms with Crippen molar-refractivity contribution in [2.24, 2.45) is 35.0 Å². The highest BCUT2D eigenvalue weighted by Crippen LogP contribution is 2.54. The Morgan fingerprint density at radius 1 is 1.02 bits per heavy atom. The zero-order chi connectivity index (χ0) is 45.6. The highest BCUT2D eigenvalue weighted by Gasteiger charge is 2.68. The number of benzene rings is 1. The molecule has 8 rings (SSSR count). The number of nitrogens with one attached hydrogen (secondary N) is 3. The number of nitriles is 1. The van der Waals surface area contributed by atoms with E-state index in [9.17, 15) is 41.6 Å². The Balaban J connectivity index is 1.19. The maximum atomic E-state index is 16.5. The standard InChI is InChI=1S/C43H53F4N7O8S/c1-21-30-20-54(31(21)35(55)52-42(18-26(42)34(44)45)38(57)53-63(59,60)41(5)14-15-41)37(56)33(40(2,3)4)51-39(58)62-29-17-23-10-11-24(23)25(29)8-6-7-13-43(46,47)32-36(61-30)50-28-16-22(19-48)9-12-27(28)49-32/h9,12,16,21,23-26,29-31,33-34H,6-8,10-11,13-15,17-18,20H2,1-5H3,(H,51,58)(H,52,55)(H,53,57)/t21-,23+,24+,25-,26+,29-,30+,31+,33-,42-/m1/s1. The summed E-state index contributed by atoms with van der Waals surface area (Å²) in [7, 11) is -4.33. The summed E-state index contributed by atoms with van der Waals surface area (Å²) >= 11 is 0. The Morgan fingerprint density at radius 2 is 1.75 bits per heavy atom. The zero-order valence-corrected chi connectivity index (χ0v) is 36.6. The second kappa shape index (κ2) is 15.7. The van der Waals surface area contributed by atoms with Crippen molar-refractivity contribution in [3.63, 3.8) is 0 Å². The second-order valence-corrected chi connectivity index (χ2v) is 22.1. The number of carbonyl (C=O) groups is 4. The molecule has 3 N–H and O–H groups in total. The molecule has 4 aliphatic carbocycles. The largest absolute Gasteiger partial charge is 0.471 e. The van der Waals surface area contributed by atoms with Gasteiger partial charge in [-0.25, -0.2) is 32.0 Å². The third-order valence-electron chi connectivity index (χ3n) is 14.6. The van der Waals surface area contributed by atoms with E-state index in [0.717, 1.165) is 17.7 Å². The molecule has 0 unspecified atom stereocenters. The van der Waals surface area contributed by atoms with Gasteiger partial charge in [-0.2, -0.15) is 14.0 Å². The number of rotatable bonds is 6. The van der Waals surface area contributed by atoms with Crippen molar-refractivity contribution < 1.29 is 54.6 Å². The Kier molecular flexibility index (Phi) is 11.2. The lowest BCUT2D eigenvalue weighted by Gasteiger charge is -2.36. The van der Waals surface area contributed by atoms with Crippen LogP contribution in [-0.4, -0.2) is 94.6 Å². The number of aromatic nitrogens is 2. The molecule has 0 radical (unpaired) electrons. The fourth-order valence-electron chi connectivity index (χ4n) is 10.1. The summed E-state index contributed by atoms with van der Waals surface area (Å²) in [5.74, 6) is -9.89. The molecule has 4 amide bonds. The molecule has 5 fully saturated rings. The van der Waals surface area contributed by atoms with Crippen LogP contribution in [0.5, 0.6) is 5.88 Å². The fourth-order valence-corrected chi connectivity index (χ4v) is 11.4. The van der Waals surface area contributed by atoms with E-state index in [1.807, 2.05) is 10.8 Å². The van der Waals surface area contributed by atoms with Crippen LogP contribution in [0.25, 0.3) is 11.0 Å². The van der Waals surface area contributed by atoms with Crippen LogP contribution in [0.4, 0.5) is 22.4 Å². The van der Waals surface area contributed by atoms with Gasteiger partial charge >= 0.3 is 6.09 Å². The molecule has 2 aliphatic heterocycles. The summed E-state index contributed by atoms with van der Waals surface area (Å²) in [4.78, 5) is 66.8. The third-order valence-corrected chi connectivity index (χ3v) is 16.7. The highest BCUT2D eigenvalue weighted by molar-refractivity contribution is 7.91. The average molecular weight is 904 g/mol. The average Bonchev–Trinajstić information content (AvgIpc) is 4.09. The van der Waals surface area contributed by atoms with Crippen molar-refractivity contribution in [1.29, 1.82) is 5.26 Å². The van der Waals surface area contributed by atoms with Crippen LogP contribution < -0.4 is 20.1 Å². The molecule has 3 heterocycles. The van der Waals surface area contributed by atoms with Gasteiger partial charge in [0.15, 0.2) is 5.69 Å². The summed E-state index contributed by atoms with van der Waals surface area (Å²) in [5, 5.41) is 14.7. The number of alkyl halides is 4. The Hall–Kier alpha value is -4.80. The normalized spacial score (nSPS) is 33.7. The molecule has 1 saturated heterocycles. The maximum Gasteiger partial charge on any atom is 0.408 e. The molecule has 6 aliphatic rings. The number of hydrogen-bond acceptors (Lipinski definition) is 11. The van der Waals surface area contributed by atoms with Gasteiger partial charge in [-0.05, 0) is 99.7 Å². The van der Waals surface area contributed by atoms with E-state index in [1.165, 1.54) is 32.0 Å². The van der Waals surface area contributed by atoms with Crippen LogP contribution in [0.2, 0.25) is 0 Å². The van der Waals surface area contributed by atoms with Gasteiger partial charge in [-0.15, -0.1) is 0 Å². The molecule has 4 saturated carbocycles. The minimum atomic E-state index is -4.33. The number of sulfonamides is 1. The molecule has 1 aromatic heterocycles. The molecule has 1 aromatic carbocycles. The molecular weight excluding hydrogens is 851 g/mol. The summed E-state index contributed by atoms with van der Waals surface area (Å²) < 4.78 is 101. The lowest BCUT2D eigenvalue weighted by atomic mass is 9.71. The van der Waals surface area contributed by atoms with E-state index in [2.05, 4.69) is 20.6 Å². The number of amides is 4. The van der Waals surface area contributed by atoms with Gasteiger partial charge in [0, 0.05) is 12.3 Å². The van der Waals surface area contributed by atoms with Crippen LogP contribution in [0.15, 0.2) is 18.2 Å². The lowest BCUT2D eigenvalue weighted by molar-refractivity contribution is -0.143. The monoisotopic (exact) mass is 903 g/mol. The first kappa shape index (κ1) is 44.8. The van der Waals surface area contributed by atoms with E-state index >= 15 is 8.78 Å². The molecule has 2 aromatic rings. The third kappa shape index (κ3) is 8.15. The number of nitrogens with zero attached hydrogens (tertiary/aromatic N) is 4. The smallest absolute Gasteiger partial charge is 0.408 e. The number of fused-ring (bicyclic) bond motifs is 7. The van der Waals surface area contributed by atoms with E-state index in [4.69, 9.17) is 9.47 Å². The number of alkyl carbamates (subject to hydrolysis) is 1. The van der Waals surface area contributed by atoms with E-state index in [1.54, 1.807) is 20.8 Å². The van der Waals surface area contributed by atoms with E-state index in [-0.39, 0.29) is 47.7 Å². The highest BCUT2D eigenvalue weighted by atomic mass is 32.2. The first-order chi connectivity index (χ1) is 29.5. The summed E-state index contributed by atoms with van der Waals surface area (Å²) in [5.41, 5.74) is -3.90. The van der Waals surface area contributed by atoms with Crippen LogP contribution in [-0.2, 0) is 35.1 Å². The zero-order valence-electron chi connectivity index (χ0n) is 35.8. The van der Waals surface area contributed by atoms with Crippen LogP contribution in [0.1, 0.15) is 110 Å². The van der Waals surface area contributed by atoms with Gasteiger partial charge in [0.2, 0.25) is 34.1 Å². The van der Waals surface area contributed by atoms with Crippen LogP contribution >= 0.6 is 0 Å². The van der Waals surface area contributed by atoms with Crippen molar-refractivity contribution in [3.05, 3.63) is 29.5 Å². The predicted octanol–water partition coefficient (Wildman–Crippen LogP) is 5.46. The number of carbonyl (C=O) groups excluding carboxylic acids is 4. The summed E-state index contributed by atoms with van der Waals surface area (Å²) in [6.45, 7) is 7.43. The van der Waals surface area contributed by atoms with Gasteiger partial charge in [-0.1, -0.05) is 34.1 Å². The van der Waals surface area contributed by atoms with E-state index in [0.29, 0.717) is 25.2 Å². The molecule has 0 spiro atoms. The number of hydrogen-bond donors (Lipinski definition) is 3. The van der Waals surface area contributed by atoms with Crippen molar-refractivity contribution in [1.82, 2.24) is 30.2 Å². The molecule has 15 nitrogen and oxygen atoms in total. The summed E-state index contributed by atoms with van der Waals surface area (Å²) in [6, 6.07) is 3.15. The molecule has 2 bridgehead atoms. The minimum Gasteiger partial charge on any atom is -0.471 e. The minimum absolute atomic E-state index is 0.0613. The molecule has 10 atom stereocenters. The quantitative estimate of drug-likeness (QED) is 0.310. The first-order valence-electron chi connectivity index (χ1n) is 21.7. The number of halogens is 4. The van der Waals surface area contributed by atoms with Crippen molar-refractivity contribution >= 4 is 44.9 Å². The van der Waals surface area contributed by atoms with Gasteiger partial charge in [-0.3, -0.25) is 19.1 Å². The first-order valence-corrected chi connectivity index (χ1v) is 23.2. The lowest BCUT2D eigenvalue weighted by Crippen LogP contribution is -2.61. The van der Waals surface area contributed by atoms with Gasteiger partial charge in [0.1, 0.15) is 29.8 Å². The van der Waals surface area contributed by atoms with Gasteiger partial charge in [0.05, 0.1) is 39.9 Å². The fraction of sp³-hybridized carbons (Fsp3) is 0.698. The van der Waals surface area contributed by atoms with E-state index < -0.39 is 129 Å². The topological polar surface area (TPSA) is 210 Å².